The van der Waals surface area contributed by atoms with E-state index in [-0.39, 0.29) is 17.9 Å². The summed E-state index contributed by atoms with van der Waals surface area (Å²) in [4.78, 5) is 25.0. The van der Waals surface area contributed by atoms with Crippen LogP contribution in [0.1, 0.15) is 51.7 Å². The number of carbonyl (C=O) groups excluding carboxylic acids is 2. The lowest BCUT2D eigenvalue weighted by Crippen LogP contribution is -2.26. The summed E-state index contributed by atoms with van der Waals surface area (Å²) >= 11 is 0. The SMILES string of the molecule is CCc1ccccc1NC(=O)c1ccc(C(=O)NC(C)c2ccccc2)cc1. The van der Waals surface area contributed by atoms with Crippen molar-refractivity contribution in [1.29, 1.82) is 0 Å². The van der Waals surface area contributed by atoms with Crippen molar-refractivity contribution in [2.75, 3.05) is 5.32 Å². The first-order chi connectivity index (χ1) is 13.6. The summed E-state index contributed by atoms with van der Waals surface area (Å²) in [6, 6.07) is 24.1. The molecule has 0 radical (unpaired) electrons. The lowest BCUT2D eigenvalue weighted by molar-refractivity contribution is 0.0938. The first kappa shape index (κ1) is 19.4. The maximum atomic E-state index is 12.5. The average Bonchev–Trinajstić information content (AvgIpc) is 2.74. The van der Waals surface area contributed by atoms with E-state index in [4.69, 9.17) is 0 Å². The van der Waals surface area contributed by atoms with Gasteiger partial charge in [0.25, 0.3) is 11.8 Å². The highest BCUT2D eigenvalue weighted by atomic mass is 16.2. The fourth-order valence-corrected chi connectivity index (χ4v) is 3.02. The Hall–Kier alpha value is -3.40. The highest BCUT2D eigenvalue weighted by molar-refractivity contribution is 6.05. The number of nitrogens with one attached hydrogen (secondary N) is 2. The molecule has 3 rings (SSSR count). The predicted molar refractivity (Wildman–Crippen MR) is 113 cm³/mol. The van der Waals surface area contributed by atoms with Gasteiger partial charge < -0.3 is 10.6 Å². The van der Waals surface area contributed by atoms with Crippen LogP contribution in [0.3, 0.4) is 0 Å². The number of rotatable bonds is 6. The highest BCUT2D eigenvalue weighted by Gasteiger charge is 2.13. The van der Waals surface area contributed by atoms with Gasteiger partial charge in [0, 0.05) is 16.8 Å². The summed E-state index contributed by atoms with van der Waals surface area (Å²) < 4.78 is 0. The normalized spacial score (nSPS) is 11.5. The molecule has 0 fully saturated rings. The van der Waals surface area contributed by atoms with Gasteiger partial charge in [-0.1, -0.05) is 55.5 Å². The molecule has 0 heterocycles. The van der Waals surface area contributed by atoms with Gasteiger partial charge in [0.05, 0.1) is 6.04 Å². The molecule has 0 saturated carbocycles. The Morgan fingerprint density at radius 3 is 2.00 bits per heavy atom. The van der Waals surface area contributed by atoms with Crippen LogP contribution in [0, 0.1) is 0 Å². The minimum absolute atomic E-state index is 0.0952. The second-order valence-corrected chi connectivity index (χ2v) is 6.65. The third-order valence-electron chi connectivity index (χ3n) is 4.70. The van der Waals surface area contributed by atoms with Crippen LogP contribution in [0.5, 0.6) is 0 Å². The number of aryl methyl sites for hydroxylation is 1. The molecule has 142 valence electrons. The maximum Gasteiger partial charge on any atom is 0.255 e. The van der Waals surface area contributed by atoms with Gasteiger partial charge in [-0.05, 0) is 54.8 Å². The lowest BCUT2D eigenvalue weighted by atomic mass is 10.1. The van der Waals surface area contributed by atoms with Crippen LogP contribution in [-0.2, 0) is 6.42 Å². The summed E-state index contributed by atoms with van der Waals surface area (Å²) in [7, 11) is 0. The van der Waals surface area contributed by atoms with E-state index in [0.29, 0.717) is 11.1 Å². The number of carbonyl (C=O) groups is 2. The molecule has 0 spiro atoms. The zero-order chi connectivity index (χ0) is 19.9. The van der Waals surface area contributed by atoms with Crippen LogP contribution >= 0.6 is 0 Å². The molecule has 28 heavy (non-hydrogen) atoms. The molecule has 0 saturated heterocycles. The molecule has 4 heteroatoms. The molecule has 0 bridgehead atoms. The van der Waals surface area contributed by atoms with Crippen molar-refractivity contribution in [3.05, 3.63) is 101 Å². The minimum Gasteiger partial charge on any atom is -0.346 e. The van der Waals surface area contributed by atoms with Gasteiger partial charge in [-0.2, -0.15) is 0 Å². The van der Waals surface area contributed by atoms with Crippen LogP contribution in [0.15, 0.2) is 78.9 Å². The van der Waals surface area contributed by atoms with E-state index in [1.54, 1.807) is 24.3 Å². The number of anilines is 1. The molecule has 1 atom stereocenters. The van der Waals surface area contributed by atoms with Gasteiger partial charge in [-0.3, -0.25) is 9.59 Å². The monoisotopic (exact) mass is 372 g/mol. The Bertz CT molecular complexity index is 950. The smallest absolute Gasteiger partial charge is 0.255 e. The van der Waals surface area contributed by atoms with Crippen molar-refractivity contribution in [3.8, 4) is 0 Å². The zero-order valence-electron chi connectivity index (χ0n) is 16.1. The number of benzene rings is 3. The van der Waals surface area contributed by atoms with Crippen molar-refractivity contribution in [2.45, 2.75) is 26.3 Å². The van der Waals surface area contributed by atoms with Gasteiger partial charge >= 0.3 is 0 Å². The summed E-state index contributed by atoms with van der Waals surface area (Å²) in [6.07, 6.45) is 0.842. The van der Waals surface area contributed by atoms with E-state index < -0.39 is 0 Å². The molecule has 0 aliphatic carbocycles. The summed E-state index contributed by atoms with van der Waals surface area (Å²) in [6.45, 7) is 4.00. The maximum absolute atomic E-state index is 12.5. The predicted octanol–water partition coefficient (Wildman–Crippen LogP) is 4.99. The molecular weight excluding hydrogens is 348 g/mol. The van der Waals surface area contributed by atoms with E-state index in [1.165, 1.54) is 0 Å². The minimum atomic E-state index is -0.189. The highest BCUT2D eigenvalue weighted by Crippen LogP contribution is 2.17. The molecule has 3 aromatic rings. The van der Waals surface area contributed by atoms with Crippen LogP contribution < -0.4 is 10.6 Å². The first-order valence-electron chi connectivity index (χ1n) is 9.43. The Morgan fingerprint density at radius 1 is 0.786 bits per heavy atom. The molecule has 0 aliphatic heterocycles. The number of hydrogen-bond acceptors (Lipinski definition) is 2. The zero-order valence-corrected chi connectivity index (χ0v) is 16.1. The second-order valence-electron chi connectivity index (χ2n) is 6.65. The standard InChI is InChI=1S/C24H24N2O2/c1-3-18-9-7-8-12-22(18)26-24(28)21-15-13-20(14-16-21)23(27)25-17(2)19-10-5-4-6-11-19/h4-17H,3H2,1-2H3,(H,25,27)(H,26,28). The molecule has 4 nitrogen and oxygen atoms in total. The topological polar surface area (TPSA) is 58.2 Å². The fourth-order valence-electron chi connectivity index (χ4n) is 3.02. The van der Waals surface area contributed by atoms with Crippen molar-refractivity contribution in [2.24, 2.45) is 0 Å². The summed E-state index contributed by atoms with van der Waals surface area (Å²) in [5.41, 5.74) is 3.98. The Morgan fingerprint density at radius 2 is 1.36 bits per heavy atom. The van der Waals surface area contributed by atoms with E-state index in [1.807, 2.05) is 61.5 Å². The fraction of sp³-hybridized carbons (Fsp3) is 0.167. The molecule has 2 amide bonds. The van der Waals surface area contributed by atoms with Crippen molar-refractivity contribution in [3.63, 3.8) is 0 Å². The van der Waals surface area contributed by atoms with Gasteiger partial charge in [0.15, 0.2) is 0 Å². The molecule has 2 N–H and O–H groups in total. The van der Waals surface area contributed by atoms with Crippen molar-refractivity contribution >= 4 is 17.5 Å². The molecule has 0 aromatic heterocycles. The van der Waals surface area contributed by atoms with Gasteiger partial charge in [0.2, 0.25) is 0 Å². The largest absolute Gasteiger partial charge is 0.346 e. The van der Waals surface area contributed by atoms with E-state index in [0.717, 1.165) is 23.2 Å². The molecular formula is C24H24N2O2. The quantitative estimate of drug-likeness (QED) is 0.640. The van der Waals surface area contributed by atoms with Crippen LogP contribution in [-0.4, -0.2) is 11.8 Å². The summed E-state index contributed by atoms with van der Waals surface area (Å²) in [5, 5.41) is 5.92. The van der Waals surface area contributed by atoms with E-state index in [9.17, 15) is 9.59 Å². The Balaban J connectivity index is 1.65. The second kappa shape index (κ2) is 9.00. The number of hydrogen-bond donors (Lipinski definition) is 2. The summed E-state index contributed by atoms with van der Waals surface area (Å²) in [5.74, 6) is -0.356. The van der Waals surface area contributed by atoms with Gasteiger partial charge in [-0.15, -0.1) is 0 Å². The average molecular weight is 372 g/mol. The van der Waals surface area contributed by atoms with Crippen molar-refractivity contribution < 1.29 is 9.59 Å². The van der Waals surface area contributed by atoms with Gasteiger partial charge in [-0.25, -0.2) is 0 Å². The van der Waals surface area contributed by atoms with Gasteiger partial charge in [0.1, 0.15) is 0 Å². The van der Waals surface area contributed by atoms with Crippen LogP contribution in [0.25, 0.3) is 0 Å². The third kappa shape index (κ3) is 4.65. The molecule has 0 aliphatic rings. The van der Waals surface area contributed by atoms with Crippen LogP contribution in [0.4, 0.5) is 5.69 Å². The number of amides is 2. The van der Waals surface area contributed by atoms with E-state index >= 15 is 0 Å². The van der Waals surface area contributed by atoms with Crippen LogP contribution in [0.2, 0.25) is 0 Å². The lowest BCUT2D eigenvalue weighted by Gasteiger charge is -2.14. The first-order valence-corrected chi connectivity index (χ1v) is 9.43. The molecule has 3 aromatic carbocycles. The van der Waals surface area contributed by atoms with E-state index in [2.05, 4.69) is 17.6 Å². The third-order valence-corrected chi connectivity index (χ3v) is 4.70. The number of para-hydroxylation sites is 1. The van der Waals surface area contributed by atoms with Crippen molar-refractivity contribution in [1.82, 2.24) is 5.32 Å². The Kier molecular flexibility index (Phi) is 6.22. The molecule has 1 unspecified atom stereocenters. The Labute approximate surface area is 165 Å².